The second-order valence-corrected chi connectivity index (χ2v) is 7.29. The molecule has 1 fully saturated rings. The van der Waals surface area contributed by atoms with Gasteiger partial charge in [-0.2, -0.15) is 0 Å². The van der Waals surface area contributed by atoms with Gasteiger partial charge in [0.1, 0.15) is 11.6 Å². The number of nitrogens with zero attached hydrogens (tertiary/aromatic N) is 2. The highest BCUT2D eigenvalue weighted by Crippen LogP contribution is 2.24. The molecular weight excluding hydrogens is 381 g/mol. The standard InChI is InChI=1S/C21H25ClFN3O2/c1-15(21(27)24-19-8-3-4-9-20(19)28-2)26-12-10-25(11-13-26)14-16-17(22)6-5-7-18(16)23/h3-9,15H,10-14H2,1-2H3,(H,24,27). The number of nitrogens with one attached hydrogen (secondary N) is 1. The van der Waals surface area contributed by atoms with E-state index in [0.29, 0.717) is 28.6 Å². The van der Waals surface area contributed by atoms with E-state index in [1.54, 1.807) is 19.2 Å². The number of carbonyl (C=O) groups excluding carboxylic acids is 1. The molecule has 1 atom stereocenters. The maximum atomic E-state index is 14.0. The van der Waals surface area contributed by atoms with Gasteiger partial charge in [0.15, 0.2) is 0 Å². The van der Waals surface area contributed by atoms with Crippen LogP contribution in [-0.4, -0.2) is 55.0 Å². The van der Waals surface area contributed by atoms with Crippen LogP contribution in [0, 0.1) is 5.82 Å². The number of hydrogen-bond acceptors (Lipinski definition) is 4. The van der Waals surface area contributed by atoms with Gasteiger partial charge in [-0.3, -0.25) is 14.6 Å². The first-order valence-electron chi connectivity index (χ1n) is 9.32. The maximum Gasteiger partial charge on any atom is 0.241 e. The van der Waals surface area contributed by atoms with Gasteiger partial charge in [-0.05, 0) is 31.2 Å². The highest BCUT2D eigenvalue weighted by atomic mass is 35.5. The summed E-state index contributed by atoms with van der Waals surface area (Å²) in [6.45, 7) is 5.32. The predicted octanol–water partition coefficient (Wildman–Crippen LogP) is 3.63. The number of ether oxygens (including phenoxy) is 1. The molecule has 2 aromatic carbocycles. The minimum atomic E-state index is -0.278. The van der Waals surface area contributed by atoms with Gasteiger partial charge in [0, 0.05) is 43.3 Å². The van der Waals surface area contributed by atoms with E-state index in [1.165, 1.54) is 6.07 Å². The van der Waals surface area contributed by atoms with Crippen molar-refractivity contribution in [2.24, 2.45) is 0 Å². The number of benzene rings is 2. The second-order valence-electron chi connectivity index (χ2n) is 6.88. The van der Waals surface area contributed by atoms with Crippen LogP contribution in [0.4, 0.5) is 10.1 Å². The molecule has 5 nitrogen and oxygen atoms in total. The van der Waals surface area contributed by atoms with E-state index >= 15 is 0 Å². The second kappa shape index (κ2) is 9.37. The van der Waals surface area contributed by atoms with Crippen molar-refractivity contribution in [2.75, 3.05) is 38.6 Å². The third kappa shape index (κ3) is 4.82. The highest BCUT2D eigenvalue weighted by Gasteiger charge is 2.26. The Bertz CT molecular complexity index is 805. The van der Waals surface area contributed by atoms with E-state index in [1.807, 2.05) is 31.2 Å². The fourth-order valence-electron chi connectivity index (χ4n) is 3.37. The molecule has 0 spiro atoms. The number of para-hydroxylation sites is 2. The fourth-order valence-corrected chi connectivity index (χ4v) is 3.59. The van der Waals surface area contributed by atoms with Gasteiger partial charge < -0.3 is 10.1 Å². The molecule has 7 heteroatoms. The van der Waals surface area contributed by atoms with Crippen LogP contribution in [0.5, 0.6) is 5.75 Å². The van der Waals surface area contributed by atoms with Gasteiger partial charge in [0.05, 0.1) is 18.8 Å². The number of hydrogen-bond donors (Lipinski definition) is 1. The normalized spacial score (nSPS) is 16.6. The average Bonchev–Trinajstić information content (AvgIpc) is 2.71. The van der Waals surface area contributed by atoms with Gasteiger partial charge in [-0.25, -0.2) is 4.39 Å². The minimum absolute atomic E-state index is 0.0740. The van der Waals surface area contributed by atoms with Crippen LogP contribution < -0.4 is 10.1 Å². The zero-order chi connectivity index (χ0) is 20.1. The van der Waals surface area contributed by atoms with E-state index in [2.05, 4.69) is 15.1 Å². The molecule has 0 aliphatic carbocycles. The van der Waals surface area contributed by atoms with Crippen molar-refractivity contribution < 1.29 is 13.9 Å². The van der Waals surface area contributed by atoms with Crippen molar-refractivity contribution >= 4 is 23.2 Å². The summed E-state index contributed by atoms with van der Waals surface area (Å²) in [4.78, 5) is 16.9. The highest BCUT2D eigenvalue weighted by molar-refractivity contribution is 6.31. The summed E-state index contributed by atoms with van der Waals surface area (Å²) < 4.78 is 19.3. The van der Waals surface area contributed by atoms with E-state index < -0.39 is 0 Å². The van der Waals surface area contributed by atoms with E-state index in [-0.39, 0.29) is 17.8 Å². The molecule has 0 bridgehead atoms. The molecule has 2 aromatic rings. The Morgan fingerprint density at radius 3 is 2.57 bits per heavy atom. The lowest BCUT2D eigenvalue weighted by atomic mass is 10.1. The molecule has 1 heterocycles. The molecule has 1 saturated heterocycles. The number of piperazine rings is 1. The van der Waals surface area contributed by atoms with Crippen molar-refractivity contribution in [3.05, 3.63) is 58.9 Å². The Hall–Kier alpha value is -2.15. The van der Waals surface area contributed by atoms with Crippen molar-refractivity contribution in [2.45, 2.75) is 19.5 Å². The molecule has 0 radical (unpaired) electrons. The smallest absolute Gasteiger partial charge is 0.241 e. The summed E-state index contributed by atoms with van der Waals surface area (Å²) >= 11 is 6.13. The Balaban J connectivity index is 1.54. The molecule has 0 saturated carbocycles. The summed E-state index contributed by atoms with van der Waals surface area (Å²) in [6.07, 6.45) is 0. The van der Waals surface area contributed by atoms with Crippen molar-refractivity contribution in [1.29, 1.82) is 0 Å². The van der Waals surface area contributed by atoms with Crippen molar-refractivity contribution in [3.8, 4) is 5.75 Å². The molecule has 1 unspecified atom stereocenters. The van der Waals surface area contributed by atoms with Gasteiger partial charge in [0.2, 0.25) is 5.91 Å². The lowest BCUT2D eigenvalue weighted by molar-refractivity contribution is -0.121. The molecule has 1 amide bonds. The van der Waals surface area contributed by atoms with Gasteiger partial charge in [-0.1, -0.05) is 29.8 Å². The first-order valence-corrected chi connectivity index (χ1v) is 9.70. The molecule has 3 rings (SSSR count). The lowest BCUT2D eigenvalue weighted by Crippen LogP contribution is -2.52. The molecule has 1 N–H and O–H groups in total. The Morgan fingerprint density at radius 1 is 1.18 bits per heavy atom. The van der Waals surface area contributed by atoms with Gasteiger partial charge >= 0.3 is 0 Å². The molecule has 1 aliphatic heterocycles. The average molecular weight is 406 g/mol. The lowest BCUT2D eigenvalue weighted by Gasteiger charge is -2.37. The zero-order valence-corrected chi connectivity index (χ0v) is 16.9. The third-order valence-corrected chi connectivity index (χ3v) is 5.50. The number of methoxy groups -OCH3 is 1. The summed E-state index contributed by atoms with van der Waals surface area (Å²) in [6, 6.07) is 11.8. The summed E-state index contributed by atoms with van der Waals surface area (Å²) in [5.74, 6) is 0.282. The maximum absolute atomic E-state index is 14.0. The first kappa shape index (κ1) is 20.6. The predicted molar refractivity (Wildman–Crippen MR) is 109 cm³/mol. The van der Waals surface area contributed by atoms with Crippen molar-refractivity contribution in [3.63, 3.8) is 0 Å². The molecular formula is C21H25ClFN3O2. The number of carbonyl (C=O) groups is 1. The Labute approximate surface area is 170 Å². The first-order chi connectivity index (χ1) is 13.5. The van der Waals surface area contributed by atoms with E-state index in [0.717, 1.165) is 26.2 Å². The van der Waals surface area contributed by atoms with Crippen molar-refractivity contribution in [1.82, 2.24) is 9.80 Å². The monoisotopic (exact) mass is 405 g/mol. The van der Waals surface area contributed by atoms with Crippen LogP contribution in [0.2, 0.25) is 5.02 Å². The Morgan fingerprint density at radius 2 is 1.89 bits per heavy atom. The van der Waals surface area contributed by atoms with Crippen LogP contribution in [0.25, 0.3) is 0 Å². The SMILES string of the molecule is COc1ccccc1NC(=O)C(C)N1CCN(Cc2c(F)cccc2Cl)CC1. The molecule has 1 aliphatic rings. The van der Waals surface area contributed by atoms with Crippen LogP contribution in [0.15, 0.2) is 42.5 Å². The van der Waals surface area contributed by atoms with Crippen LogP contribution in [0.1, 0.15) is 12.5 Å². The van der Waals surface area contributed by atoms with E-state index in [4.69, 9.17) is 16.3 Å². The Kier molecular flexibility index (Phi) is 6.88. The molecule has 150 valence electrons. The van der Waals surface area contributed by atoms with E-state index in [9.17, 15) is 9.18 Å². The summed E-state index contributed by atoms with van der Waals surface area (Å²) in [7, 11) is 1.58. The summed E-state index contributed by atoms with van der Waals surface area (Å²) in [5.41, 5.74) is 1.19. The van der Waals surface area contributed by atoms with Crippen LogP contribution >= 0.6 is 11.6 Å². The molecule has 28 heavy (non-hydrogen) atoms. The fraction of sp³-hybridized carbons (Fsp3) is 0.381. The summed E-state index contributed by atoms with van der Waals surface area (Å²) in [5, 5.41) is 3.39. The number of halogens is 2. The third-order valence-electron chi connectivity index (χ3n) is 5.14. The van der Waals surface area contributed by atoms with Gasteiger partial charge in [0.25, 0.3) is 0 Å². The quantitative estimate of drug-likeness (QED) is 0.797. The topological polar surface area (TPSA) is 44.8 Å². The number of rotatable bonds is 6. The largest absolute Gasteiger partial charge is 0.495 e. The molecule has 0 aromatic heterocycles. The number of anilines is 1. The van der Waals surface area contributed by atoms with Crippen LogP contribution in [0.3, 0.4) is 0 Å². The van der Waals surface area contributed by atoms with Gasteiger partial charge in [-0.15, -0.1) is 0 Å². The minimum Gasteiger partial charge on any atom is -0.495 e. The number of amides is 1. The van der Waals surface area contributed by atoms with Crippen LogP contribution in [-0.2, 0) is 11.3 Å². The zero-order valence-electron chi connectivity index (χ0n) is 16.1.